The number of nitrogens with one attached hydrogen (secondary N) is 1. The van der Waals surface area contributed by atoms with E-state index < -0.39 is 10.0 Å². The number of carbonyl (C=O) groups excluding carboxylic acids is 1. The van der Waals surface area contributed by atoms with Gasteiger partial charge in [0.25, 0.3) is 0 Å². The Labute approximate surface area is 175 Å². The third-order valence-corrected chi connectivity index (χ3v) is 7.51. The first-order valence-electron chi connectivity index (χ1n) is 9.34. The number of benzene rings is 1. The fourth-order valence-corrected chi connectivity index (χ4v) is 5.45. The lowest BCUT2D eigenvalue weighted by Crippen LogP contribution is -2.31. The first kappa shape index (κ1) is 21.3. The summed E-state index contributed by atoms with van der Waals surface area (Å²) in [4.78, 5) is 12.9. The van der Waals surface area contributed by atoms with E-state index in [1.807, 2.05) is 47.5 Å². The van der Waals surface area contributed by atoms with Crippen LogP contribution in [-0.4, -0.2) is 23.2 Å². The zero-order valence-electron chi connectivity index (χ0n) is 16.8. The quantitative estimate of drug-likeness (QED) is 0.583. The molecule has 1 N–H and O–H groups in total. The highest BCUT2D eigenvalue weighted by Gasteiger charge is 2.27. The number of aryl methyl sites for hydroxylation is 2. The highest BCUT2D eigenvalue weighted by molar-refractivity contribution is 7.89. The molecule has 0 fully saturated rings. The Morgan fingerprint density at radius 2 is 1.97 bits per heavy atom. The molecule has 29 heavy (non-hydrogen) atoms. The van der Waals surface area contributed by atoms with Gasteiger partial charge in [0.2, 0.25) is 15.9 Å². The summed E-state index contributed by atoms with van der Waals surface area (Å²) < 4.78 is 30.5. The number of hydrogen-bond acceptors (Lipinski definition) is 4. The van der Waals surface area contributed by atoms with Crippen LogP contribution in [-0.2, 0) is 35.0 Å². The lowest BCUT2D eigenvalue weighted by atomic mass is 10.2. The Bertz CT molecular complexity index is 1090. The molecule has 1 aromatic carbocycles. The third kappa shape index (κ3) is 4.95. The summed E-state index contributed by atoms with van der Waals surface area (Å²) in [6, 6.07) is 12.6. The molecule has 3 aromatic rings. The van der Waals surface area contributed by atoms with Gasteiger partial charge in [-0.15, -0.1) is 11.3 Å². The van der Waals surface area contributed by atoms with E-state index in [-0.39, 0.29) is 17.3 Å². The van der Waals surface area contributed by atoms with Crippen LogP contribution in [0.3, 0.4) is 0 Å². The Morgan fingerprint density at radius 3 is 2.55 bits per heavy atom. The largest absolute Gasteiger partial charge is 0.353 e. The first-order valence-corrected chi connectivity index (χ1v) is 11.7. The molecule has 0 atom stereocenters. The van der Waals surface area contributed by atoms with Crippen LogP contribution in [0.2, 0.25) is 0 Å². The van der Waals surface area contributed by atoms with E-state index in [9.17, 15) is 13.2 Å². The van der Waals surface area contributed by atoms with Crippen LogP contribution in [0.15, 0.2) is 58.9 Å². The van der Waals surface area contributed by atoms with Crippen molar-refractivity contribution in [1.82, 2.24) is 8.87 Å². The summed E-state index contributed by atoms with van der Waals surface area (Å²) in [5, 5.41) is 4.72. The summed E-state index contributed by atoms with van der Waals surface area (Å²) in [5.41, 5.74) is 2.11. The third-order valence-electron chi connectivity index (χ3n) is 4.70. The fraction of sp³-hybridized carbons (Fsp3) is 0.286. The van der Waals surface area contributed by atoms with E-state index in [1.54, 1.807) is 32.0 Å². The molecule has 0 saturated heterocycles. The van der Waals surface area contributed by atoms with Gasteiger partial charge in [0.1, 0.15) is 0 Å². The summed E-state index contributed by atoms with van der Waals surface area (Å²) in [5.74, 6) is -0.108. The molecule has 0 unspecified atom stereocenters. The molecule has 0 aliphatic rings. The van der Waals surface area contributed by atoms with E-state index >= 15 is 0 Å². The molecule has 0 saturated carbocycles. The molecule has 0 aliphatic carbocycles. The van der Waals surface area contributed by atoms with Crippen LogP contribution in [0.5, 0.6) is 0 Å². The van der Waals surface area contributed by atoms with Crippen molar-refractivity contribution in [3.63, 3.8) is 0 Å². The number of hydrogen-bond donors (Lipinski definition) is 1. The van der Waals surface area contributed by atoms with Crippen LogP contribution in [0, 0.1) is 6.92 Å². The number of aromatic nitrogens is 1. The number of amides is 1. The van der Waals surface area contributed by atoms with Crippen LogP contribution in [0.1, 0.15) is 29.5 Å². The Morgan fingerprint density at radius 1 is 1.17 bits per heavy atom. The van der Waals surface area contributed by atoms with Gasteiger partial charge in [0.05, 0.1) is 11.4 Å². The summed E-state index contributed by atoms with van der Waals surface area (Å²) in [6.07, 6.45) is 2.27. The number of nitrogens with zero attached hydrogens (tertiary/aromatic N) is 2. The maximum atomic E-state index is 13.5. The number of thiophene rings is 1. The average Bonchev–Trinajstić information content (AvgIpc) is 3.33. The van der Waals surface area contributed by atoms with Crippen molar-refractivity contribution in [3.8, 4) is 0 Å². The summed E-state index contributed by atoms with van der Waals surface area (Å²) in [7, 11) is -1.83. The molecule has 3 rings (SSSR count). The van der Waals surface area contributed by atoms with Crippen LogP contribution in [0.4, 0.5) is 5.69 Å². The van der Waals surface area contributed by atoms with Crippen molar-refractivity contribution in [2.45, 2.75) is 38.3 Å². The molecule has 6 nitrogen and oxygen atoms in total. The van der Waals surface area contributed by atoms with Gasteiger partial charge in [-0.05, 0) is 54.3 Å². The topological polar surface area (TPSA) is 71.4 Å². The molecule has 8 heteroatoms. The minimum atomic E-state index is -3.74. The minimum Gasteiger partial charge on any atom is -0.353 e. The van der Waals surface area contributed by atoms with Gasteiger partial charge in [0, 0.05) is 42.5 Å². The van der Waals surface area contributed by atoms with Gasteiger partial charge in [0.15, 0.2) is 0 Å². The molecule has 0 bridgehead atoms. The number of anilines is 1. The summed E-state index contributed by atoms with van der Waals surface area (Å²) in [6.45, 7) is 4.10. The second kappa shape index (κ2) is 8.94. The fourth-order valence-electron chi connectivity index (χ4n) is 3.05. The van der Waals surface area contributed by atoms with Crippen molar-refractivity contribution in [1.29, 1.82) is 0 Å². The van der Waals surface area contributed by atoms with E-state index in [2.05, 4.69) is 5.32 Å². The first-order chi connectivity index (χ1) is 13.8. The van der Waals surface area contributed by atoms with E-state index in [0.717, 1.165) is 10.6 Å². The van der Waals surface area contributed by atoms with Crippen molar-refractivity contribution < 1.29 is 13.2 Å². The second-order valence-corrected chi connectivity index (χ2v) is 9.78. The van der Waals surface area contributed by atoms with Crippen molar-refractivity contribution in [3.05, 3.63) is 70.2 Å². The maximum absolute atomic E-state index is 13.5. The van der Waals surface area contributed by atoms with Gasteiger partial charge in [-0.1, -0.05) is 13.0 Å². The number of sulfonamides is 1. The second-order valence-electron chi connectivity index (χ2n) is 6.84. The van der Waals surface area contributed by atoms with Crippen molar-refractivity contribution >= 4 is 33.0 Å². The smallest absolute Gasteiger partial charge is 0.244 e. The minimum absolute atomic E-state index is 0.108. The lowest BCUT2D eigenvalue weighted by molar-refractivity contribution is -0.115. The van der Waals surface area contributed by atoms with Crippen molar-refractivity contribution in [2.24, 2.45) is 7.05 Å². The monoisotopic (exact) mass is 431 g/mol. The Kier molecular flexibility index (Phi) is 6.56. The van der Waals surface area contributed by atoms with Gasteiger partial charge in [-0.2, -0.15) is 4.31 Å². The van der Waals surface area contributed by atoms with Gasteiger partial charge < -0.3 is 9.88 Å². The van der Waals surface area contributed by atoms with Crippen LogP contribution >= 0.6 is 11.3 Å². The van der Waals surface area contributed by atoms with Crippen LogP contribution in [0.25, 0.3) is 0 Å². The molecule has 1 amide bonds. The molecule has 154 valence electrons. The van der Waals surface area contributed by atoms with E-state index in [4.69, 9.17) is 0 Å². The van der Waals surface area contributed by atoms with Gasteiger partial charge >= 0.3 is 0 Å². The number of carbonyl (C=O) groups is 1. The molecule has 0 spiro atoms. The van der Waals surface area contributed by atoms with E-state index in [1.165, 1.54) is 15.6 Å². The molecule has 2 aromatic heterocycles. The molecule has 0 radical (unpaired) electrons. The van der Waals surface area contributed by atoms with E-state index in [0.29, 0.717) is 24.2 Å². The molecule has 0 aliphatic heterocycles. The van der Waals surface area contributed by atoms with Crippen LogP contribution < -0.4 is 5.32 Å². The lowest BCUT2D eigenvalue weighted by Gasteiger charge is -2.23. The Balaban J connectivity index is 1.95. The maximum Gasteiger partial charge on any atom is 0.244 e. The number of rotatable bonds is 8. The zero-order valence-corrected chi connectivity index (χ0v) is 18.4. The average molecular weight is 432 g/mol. The molecular weight excluding hydrogens is 406 g/mol. The predicted molar refractivity (Wildman–Crippen MR) is 116 cm³/mol. The highest BCUT2D eigenvalue weighted by atomic mass is 32.2. The Hall–Kier alpha value is -2.42. The predicted octanol–water partition coefficient (Wildman–Crippen LogP) is 4.13. The zero-order chi connectivity index (χ0) is 21.0. The summed E-state index contributed by atoms with van der Waals surface area (Å²) >= 11 is 1.53. The highest BCUT2D eigenvalue weighted by Crippen LogP contribution is 2.27. The molecular formula is C21H25N3O3S2. The standard InChI is InChI=1S/C21H25N3O3S2/c1-4-21(25)22-17-9-10-20(16(2)13-17)29(26,27)24(15-19-8-6-12-28-19)14-18-7-5-11-23(18)3/h5-13H,4,14-15H2,1-3H3,(H,22,25). The van der Waals surface area contributed by atoms with Gasteiger partial charge in [-0.25, -0.2) is 8.42 Å². The molecule has 2 heterocycles. The van der Waals surface area contributed by atoms with Crippen molar-refractivity contribution in [2.75, 3.05) is 5.32 Å². The normalized spacial score (nSPS) is 11.7. The van der Waals surface area contributed by atoms with Gasteiger partial charge in [-0.3, -0.25) is 4.79 Å². The SMILES string of the molecule is CCC(=O)Nc1ccc(S(=O)(=O)N(Cc2cccs2)Cc2cccn2C)c(C)c1.